The molecule has 0 fully saturated rings. The monoisotopic (exact) mass is 416 g/mol. The molecule has 4 aromatic rings. The van der Waals surface area contributed by atoms with Crippen LogP contribution in [-0.4, -0.2) is 30.3 Å². The van der Waals surface area contributed by atoms with Crippen LogP contribution in [0, 0.1) is 0 Å². The van der Waals surface area contributed by atoms with E-state index in [0.29, 0.717) is 17.0 Å². The summed E-state index contributed by atoms with van der Waals surface area (Å²) in [5.41, 5.74) is 3.30. The minimum Gasteiger partial charge on any atom is -0.307 e. The maximum absolute atomic E-state index is 13.2. The number of hydrogen-bond donors (Lipinski definition) is 1. The lowest BCUT2D eigenvalue weighted by molar-refractivity contribution is 0.102. The van der Waals surface area contributed by atoms with Gasteiger partial charge in [-0.25, -0.2) is 14.2 Å². The van der Waals surface area contributed by atoms with Gasteiger partial charge in [0.05, 0.1) is 23.1 Å². The van der Waals surface area contributed by atoms with Gasteiger partial charge in [0.25, 0.3) is 5.91 Å². The third kappa shape index (κ3) is 3.95. The van der Waals surface area contributed by atoms with Crippen molar-refractivity contribution < 1.29 is 4.79 Å². The van der Waals surface area contributed by atoms with E-state index in [-0.39, 0.29) is 16.9 Å². The summed E-state index contributed by atoms with van der Waals surface area (Å²) in [7, 11) is 0. The second kappa shape index (κ2) is 7.34. The molecule has 1 amide bonds. The van der Waals surface area contributed by atoms with Gasteiger partial charge in [-0.2, -0.15) is 10.2 Å². The van der Waals surface area contributed by atoms with Gasteiger partial charge in [0.1, 0.15) is 11.4 Å². The summed E-state index contributed by atoms with van der Waals surface area (Å²) in [5, 5.41) is 12.2. The van der Waals surface area contributed by atoms with Crippen molar-refractivity contribution in [3.8, 4) is 11.3 Å². The van der Waals surface area contributed by atoms with Crippen molar-refractivity contribution in [2.45, 2.75) is 52.5 Å². The van der Waals surface area contributed by atoms with E-state index in [0.717, 1.165) is 17.0 Å². The quantitative estimate of drug-likeness (QED) is 0.515. The Labute approximate surface area is 182 Å². The first kappa shape index (κ1) is 20.8. The van der Waals surface area contributed by atoms with E-state index in [1.165, 1.54) is 0 Å². The molecule has 0 aliphatic heterocycles. The van der Waals surface area contributed by atoms with E-state index in [1.807, 2.05) is 47.1 Å². The Bertz CT molecular complexity index is 1240. The van der Waals surface area contributed by atoms with Crippen LogP contribution < -0.4 is 5.32 Å². The molecule has 31 heavy (non-hydrogen) atoms. The topological polar surface area (TPSA) is 77.1 Å². The predicted octanol–water partition coefficient (Wildman–Crippen LogP) is 4.90. The smallest absolute Gasteiger partial charge is 0.262 e. The average molecular weight is 417 g/mol. The van der Waals surface area contributed by atoms with Gasteiger partial charge < -0.3 is 5.32 Å². The van der Waals surface area contributed by atoms with Gasteiger partial charge in [-0.15, -0.1) is 0 Å². The minimum absolute atomic E-state index is 0.132. The van der Waals surface area contributed by atoms with Gasteiger partial charge >= 0.3 is 0 Å². The number of rotatable bonds is 3. The van der Waals surface area contributed by atoms with Crippen LogP contribution in [0.15, 0.2) is 54.9 Å². The zero-order chi connectivity index (χ0) is 22.4. The number of nitrogens with zero attached hydrogens (tertiary/aromatic N) is 5. The second-order valence-corrected chi connectivity index (χ2v) is 9.69. The third-order valence-electron chi connectivity index (χ3n) is 5.07. The first-order valence-electron chi connectivity index (χ1n) is 10.4. The lowest BCUT2D eigenvalue weighted by Gasteiger charge is -2.22. The molecule has 0 aliphatic carbocycles. The highest BCUT2D eigenvalue weighted by Gasteiger charge is 2.27. The van der Waals surface area contributed by atoms with Gasteiger partial charge in [0.2, 0.25) is 0 Å². The average Bonchev–Trinajstić information content (AvgIpc) is 3.32. The van der Waals surface area contributed by atoms with Gasteiger partial charge in [-0.05, 0) is 26.8 Å². The van der Waals surface area contributed by atoms with Crippen molar-refractivity contribution in [2.24, 2.45) is 0 Å². The molecule has 3 heterocycles. The Balaban J connectivity index is 1.73. The highest BCUT2D eigenvalue weighted by Crippen LogP contribution is 2.29. The molecule has 0 saturated heterocycles. The van der Waals surface area contributed by atoms with Crippen LogP contribution in [0.3, 0.4) is 0 Å². The molecular formula is C24H28N6O. The fourth-order valence-corrected chi connectivity index (χ4v) is 3.41. The van der Waals surface area contributed by atoms with Crippen LogP contribution in [0.2, 0.25) is 0 Å². The molecule has 0 atom stereocenters. The highest BCUT2D eigenvalue weighted by molar-refractivity contribution is 6.08. The maximum Gasteiger partial charge on any atom is 0.262 e. The molecule has 1 aromatic carbocycles. The van der Waals surface area contributed by atoms with E-state index >= 15 is 0 Å². The molecule has 0 unspecified atom stereocenters. The Kier molecular flexibility index (Phi) is 4.92. The maximum atomic E-state index is 13.2. The lowest BCUT2D eigenvalue weighted by Crippen LogP contribution is -2.27. The molecule has 7 heteroatoms. The molecule has 160 valence electrons. The molecule has 0 radical (unpaired) electrons. The Hall–Kier alpha value is -3.48. The van der Waals surface area contributed by atoms with E-state index in [1.54, 1.807) is 16.9 Å². The highest BCUT2D eigenvalue weighted by atomic mass is 16.1. The molecule has 0 saturated carbocycles. The molecule has 3 aromatic heterocycles. The van der Waals surface area contributed by atoms with Crippen LogP contribution in [0.4, 0.5) is 5.82 Å². The SMILES string of the molecule is CC(C)(C)c1cc(NC(=O)c2cnn3c(-c4ccccc4)ccnc23)n(C(C)(C)C)n1. The van der Waals surface area contributed by atoms with Crippen molar-refractivity contribution in [3.05, 3.63) is 66.1 Å². The summed E-state index contributed by atoms with van der Waals surface area (Å²) in [5.74, 6) is 0.388. The normalized spacial score (nSPS) is 12.3. The zero-order valence-electron chi connectivity index (χ0n) is 18.8. The van der Waals surface area contributed by atoms with Crippen LogP contribution in [-0.2, 0) is 11.0 Å². The Morgan fingerprint density at radius 3 is 2.35 bits per heavy atom. The largest absolute Gasteiger partial charge is 0.307 e. The van der Waals surface area contributed by atoms with E-state index in [4.69, 9.17) is 5.10 Å². The summed E-state index contributed by atoms with van der Waals surface area (Å²) in [6, 6.07) is 13.8. The van der Waals surface area contributed by atoms with Crippen LogP contribution in [0.1, 0.15) is 57.6 Å². The van der Waals surface area contributed by atoms with E-state index < -0.39 is 0 Å². The predicted molar refractivity (Wildman–Crippen MR) is 122 cm³/mol. The van der Waals surface area contributed by atoms with Gasteiger partial charge in [0, 0.05) is 23.2 Å². The summed E-state index contributed by atoms with van der Waals surface area (Å²) in [4.78, 5) is 17.7. The summed E-state index contributed by atoms with van der Waals surface area (Å²) in [6.07, 6.45) is 3.26. The van der Waals surface area contributed by atoms with Crippen LogP contribution in [0.5, 0.6) is 0 Å². The van der Waals surface area contributed by atoms with Crippen molar-refractivity contribution in [3.63, 3.8) is 0 Å². The number of hydrogen-bond acceptors (Lipinski definition) is 4. The summed E-state index contributed by atoms with van der Waals surface area (Å²) < 4.78 is 3.56. The number of anilines is 1. The Morgan fingerprint density at radius 1 is 1.00 bits per heavy atom. The number of carbonyl (C=O) groups is 1. The van der Waals surface area contributed by atoms with Crippen molar-refractivity contribution in [2.75, 3.05) is 5.32 Å². The Morgan fingerprint density at radius 2 is 1.71 bits per heavy atom. The van der Waals surface area contributed by atoms with Crippen molar-refractivity contribution in [1.29, 1.82) is 0 Å². The number of fused-ring (bicyclic) bond motifs is 1. The molecule has 4 rings (SSSR count). The number of aromatic nitrogens is 5. The van der Waals surface area contributed by atoms with E-state index in [9.17, 15) is 4.79 Å². The zero-order valence-corrected chi connectivity index (χ0v) is 18.8. The fourth-order valence-electron chi connectivity index (χ4n) is 3.41. The number of carbonyl (C=O) groups excluding carboxylic acids is 1. The second-order valence-electron chi connectivity index (χ2n) is 9.69. The molecular weight excluding hydrogens is 388 g/mol. The first-order valence-corrected chi connectivity index (χ1v) is 10.4. The van der Waals surface area contributed by atoms with Crippen molar-refractivity contribution >= 4 is 17.4 Å². The number of benzene rings is 1. The van der Waals surface area contributed by atoms with E-state index in [2.05, 4.69) is 56.9 Å². The molecule has 0 aliphatic rings. The van der Waals surface area contributed by atoms with Crippen LogP contribution >= 0.6 is 0 Å². The first-order chi connectivity index (χ1) is 14.6. The number of amides is 1. The van der Waals surface area contributed by atoms with Gasteiger partial charge in [-0.1, -0.05) is 51.1 Å². The molecule has 7 nitrogen and oxygen atoms in total. The fraction of sp³-hybridized carbons (Fsp3) is 0.333. The van der Waals surface area contributed by atoms with Gasteiger partial charge in [0.15, 0.2) is 5.65 Å². The number of nitrogens with one attached hydrogen (secondary N) is 1. The third-order valence-corrected chi connectivity index (χ3v) is 5.07. The molecule has 1 N–H and O–H groups in total. The van der Waals surface area contributed by atoms with Gasteiger partial charge in [-0.3, -0.25) is 4.79 Å². The lowest BCUT2D eigenvalue weighted by atomic mass is 9.92. The van der Waals surface area contributed by atoms with Crippen molar-refractivity contribution in [1.82, 2.24) is 24.4 Å². The minimum atomic E-state index is -0.286. The van der Waals surface area contributed by atoms with Crippen LogP contribution in [0.25, 0.3) is 16.9 Å². The molecule has 0 bridgehead atoms. The molecule has 0 spiro atoms. The summed E-state index contributed by atoms with van der Waals surface area (Å²) in [6.45, 7) is 12.5. The summed E-state index contributed by atoms with van der Waals surface area (Å²) >= 11 is 0. The standard InChI is InChI=1S/C24H28N6O/c1-23(2,3)19-14-20(30(28-19)24(4,5)6)27-22(31)17-15-26-29-18(12-13-25-21(17)29)16-10-8-7-9-11-16/h7-15H,1-6H3,(H,27,31).